The Hall–Kier alpha value is -2.84. The summed E-state index contributed by atoms with van der Waals surface area (Å²) >= 11 is 6.04. The van der Waals surface area contributed by atoms with E-state index < -0.39 is 6.10 Å². The Labute approximate surface area is 144 Å². The van der Waals surface area contributed by atoms with Crippen LogP contribution < -0.4 is 0 Å². The minimum atomic E-state index is -0.660. The van der Waals surface area contributed by atoms with Crippen molar-refractivity contribution in [3.05, 3.63) is 70.2 Å². The van der Waals surface area contributed by atoms with Crippen molar-refractivity contribution in [1.29, 1.82) is 5.26 Å². The number of amides is 1. The summed E-state index contributed by atoms with van der Waals surface area (Å²) in [5.74, 6) is 0.213. The lowest BCUT2D eigenvalue weighted by Crippen LogP contribution is -2.46. The average molecular weight is 340 g/mol. The van der Waals surface area contributed by atoms with Crippen LogP contribution in [0.5, 0.6) is 0 Å². The molecule has 1 heterocycles. The molecule has 1 aliphatic heterocycles. The third-order valence-electron chi connectivity index (χ3n) is 3.65. The molecule has 0 saturated heterocycles. The van der Waals surface area contributed by atoms with Crippen molar-refractivity contribution in [2.24, 2.45) is 5.16 Å². The number of hydrogen-bond acceptors (Lipinski definition) is 4. The van der Waals surface area contributed by atoms with Crippen molar-refractivity contribution in [3.63, 3.8) is 0 Å². The summed E-state index contributed by atoms with van der Waals surface area (Å²) in [6.07, 6.45) is -0.660. The third-order valence-corrected chi connectivity index (χ3v) is 3.88. The quantitative estimate of drug-likeness (QED) is 0.861. The molecule has 120 valence electrons. The van der Waals surface area contributed by atoms with E-state index in [2.05, 4.69) is 11.2 Å². The predicted molar refractivity (Wildman–Crippen MR) is 90.2 cm³/mol. The normalized spacial score (nSPS) is 17.0. The molecule has 0 N–H and O–H groups in total. The van der Waals surface area contributed by atoms with Crippen molar-refractivity contribution < 1.29 is 9.63 Å². The fourth-order valence-corrected chi connectivity index (χ4v) is 2.65. The van der Waals surface area contributed by atoms with E-state index in [-0.39, 0.29) is 5.91 Å². The number of halogens is 1. The molecule has 1 aliphatic rings. The van der Waals surface area contributed by atoms with Gasteiger partial charge in [0.1, 0.15) is 0 Å². The molecular formula is C18H14ClN3O2. The van der Waals surface area contributed by atoms with Crippen LogP contribution in [0.4, 0.5) is 0 Å². The lowest BCUT2D eigenvalue weighted by Gasteiger charge is -2.30. The molecule has 1 unspecified atom stereocenters. The van der Waals surface area contributed by atoms with Gasteiger partial charge in [-0.15, -0.1) is 0 Å². The van der Waals surface area contributed by atoms with Crippen LogP contribution in [0.25, 0.3) is 0 Å². The Morgan fingerprint density at radius 2 is 2.08 bits per heavy atom. The highest BCUT2D eigenvalue weighted by molar-refractivity contribution is 6.31. The van der Waals surface area contributed by atoms with Gasteiger partial charge in [-0.25, -0.2) is 0 Å². The zero-order valence-corrected chi connectivity index (χ0v) is 13.7. The van der Waals surface area contributed by atoms with Crippen LogP contribution in [0, 0.1) is 11.3 Å². The van der Waals surface area contributed by atoms with Crippen LogP contribution in [-0.2, 0) is 16.2 Å². The molecule has 2 aromatic rings. The lowest BCUT2D eigenvalue weighted by atomic mass is 10.1. The minimum absolute atomic E-state index is 0.192. The summed E-state index contributed by atoms with van der Waals surface area (Å²) in [4.78, 5) is 19.3. The maximum Gasteiger partial charge on any atom is 0.272 e. The van der Waals surface area contributed by atoms with Crippen molar-refractivity contribution >= 4 is 23.3 Å². The average Bonchev–Trinajstić information content (AvgIpc) is 2.59. The summed E-state index contributed by atoms with van der Waals surface area (Å²) in [5, 5.41) is 13.7. The molecule has 0 saturated carbocycles. The first kappa shape index (κ1) is 16.0. The van der Waals surface area contributed by atoms with Crippen LogP contribution in [0.1, 0.15) is 23.6 Å². The largest absolute Gasteiger partial charge is 0.381 e. The Morgan fingerprint density at radius 1 is 1.29 bits per heavy atom. The van der Waals surface area contributed by atoms with Gasteiger partial charge < -0.3 is 4.84 Å². The predicted octanol–water partition coefficient (Wildman–Crippen LogP) is 3.32. The SMILES string of the molecule is CC1ON=C(c2cccc(Cl)c2)N(Cc2cccc(C#N)c2)C1=O. The Balaban J connectivity index is 1.97. The van der Waals surface area contributed by atoms with E-state index in [1.54, 1.807) is 48.2 Å². The summed E-state index contributed by atoms with van der Waals surface area (Å²) in [6.45, 7) is 1.95. The molecule has 0 aromatic heterocycles. The molecule has 0 fully saturated rings. The molecule has 1 amide bonds. The van der Waals surface area contributed by atoms with E-state index in [0.29, 0.717) is 28.5 Å². The number of carbonyl (C=O) groups excluding carboxylic acids is 1. The molecule has 3 rings (SSSR count). The number of amidine groups is 1. The number of nitriles is 1. The Morgan fingerprint density at radius 3 is 2.83 bits per heavy atom. The van der Waals surface area contributed by atoms with Crippen molar-refractivity contribution in [1.82, 2.24) is 4.90 Å². The van der Waals surface area contributed by atoms with Gasteiger partial charge in [-0.05, 0) is 36.8 Å². The molecule has 0 spiro atoms. The molecule has 0 aliphatic carbocycles. The molecule has 1 atom stereocenters. The van der Waals surface area contributed by atoms with Crippen LogP contribution in [-0.4, -0.2) is 22.7 Å². The van der Waals surface area contributed by atoms with Crippen molar-refractivity contribution in [3.8, 4) is 6.07 Å². The second-order valence-corrected chi connectivity index (χ2v) is 5.85. The molecule has 5 nitrogen and oxygen atoms in total. The van der Waals surface area contributed by atoms with E-state index >= 15 is 0 Å². The van der Waals surface area contributed by atoms with Gasteiger partial charge in [-0.1, -0.05) is 41.0 Å². The number of rotatable bonds is 3. The Kier molecular flexibility index (Phi) is 4.50. The van der Waals surface area contributed by atoms with Crippen molar-refractivity contribution in [2.45, 2.75) is 19.6 Å². The summed E-state index contributed by atoms with van der Waals surface area (Å²) < 4.78 is 0. The second-order valence-electron chi connectivity index (χ2n) is 5.41. The molecule has 0 bridgehead atoms. The molecular weight excluding hydrogens is 326 g/mol. The molecule has 0 radical (unpaired) electrons. The second kappa shape index (κ2) is 6.73. The van der Waals surface area contributed by atoms with Gasteiger partial charge in [-0.2, -0.15) is 5.26 Å². The number of hydrogen-bond donors (Lipinski definition) is 0. The highest BCUT2D eigenvalue weighted by Gasteiger charge is 2.31. The van der Waals surface area contributed by atoms with E-state index in [9.17, 15) is 4.79 Å². The monoisotopic (exact) mass is 339 g/mol. The van der Waals surface area contributed by atoms with E-state index in [0.717, 1.165) is 5.56 Å². The summed E-state index contributed by atoms with van der Waals surface area (Å²) in [7, 11) is 0. The summed E-state index contributed by atoms with van der Waals surface area (Å²) in [5.41, 5.74) is 2.08. The first-order valence-electron chi connectivity index (χ1n) is 7.38. The van der Waals surface area contributed by atoms with Crippen molar-refractivity contribution in [2.75, 3.05) is 0 Å². The summed E-state index contributed by atoms with van der Waals surface area (Å²) in [6, 6.07) is 16.3. The van der Waals surface area contributed by atoms with Gasteiger partial charge in [0.15, 0.2) is 5.84 Å². The fraction of sp³-hybridized carbons (Fsp3) is 0.167. The lowest BCUT2D eigenvalue weighted by molar-refractivity contribution is -0.142. The number of oxime groups is 1. The van der Waals surface area contributed by atoms with Gasteiger partial charge in [-0.3, -0.25) is 9.69 Å². The number of benzene rings is 2. The van der Waals surface area contributed by atoms with E-state index in [1.165, 1.54) is 0 Å². The standard InChI is InChI=1S/C18H14ClN3O2/c1-12-18(23)22(11-14-5-2-4-13(8-14)10-20)17(21-24-12)15-6-3-7-16(19)9-15/h2-9,12H,11H2,1H3. The van der Waals surface area contributed by atoms with E-state index in [1.807, 2.05) is 12.1 Å². The first-order chi connectivity index (χ1) is 11.6. The highest BCUT2D eigenvalue weighted by atomic mass is 35.5. The fourth-order valence-electron chi connectivity index (χ4n) is 2.46. The van der Waals surface area contributed by atoms with Crippen LogP contribution in [0.2, 0.25) is 5.02 Å². The first-order valence-corrected chi connectivity index (χ1v) is 7.76. The maximum atomic E-state index is 12.6. The number of nitrogens with zero attached hydrogens (tertiary/aromatic N) is 3. The van der Waals surface area contributed by atoms with Gasteiger partial charge in [0.05, 0.1) is 18.2 Å². The Bertz CT molecular complexity index is 857. The smallest absolute Gasteiger partial charge is 0.272 e. The highest BCUT2D eigenvalue weighted by Crippen LogP contribution is 2.20. The number of carbonyl (C=O) groups is 1. The van der Waals surface area contributed by atoms with Crippen LogP contribution in [0.3, 0.4) is 0 Å². The minimum Gasteiger partial charge on any atom is -0.381 e. The molecule has 6 heteroatoms. The van der Waals surface area contributed by atoms with Gasteiger partial charge in [0, 0.05) is 10.6 Å². The molecule has 2 aromatic carbocycles. The third kappa shape index (κ3) is 3.24. The van der Waals surface area contributed by atoms with E-state index in [4.69, 9.17) is 21.7 Å². The topological polar surface area (TPSA) is 65.7 Å². The van der Waals surface area contributed by atoms with Gasteiger partial charge in [0.2, 0.25) is 6.10 Å². The van der Waals surface area contributed by atoms with Crippen LogP contribution >= 0.6 is 11.6 Å². The van der Waals surface area contributed by atoms with Gasteiger partial charge >= 0.3 is 0 Å². The zero-order valence-electron chi connectivity index (χ0n) is 12.9. The molecule has 24 heavy (non-hydrogen) atoms. The zero-order chi connectivity index (χ0) is 17.1. The maximum absolute atomic E-state index is 12.6. The van der Waals surface area contributed by atoms with Gasteiger partial charge in [0.25, 0.3) is 5.91 Å². The van der Waals surface area contributed by atoms with Crippen LogP contribution in [0.15, 0.2) is 53.7 Å².